The van der Waals surface area contributed by atoms with Crippen LogP contribution in [-0.4, -0.2) is 64.1 Å². The van der Waals surface area contributed by atoms with Crippen molar-refractivity contribution in [2.45, 2.75) is 19.4 Å². The Bertz CT molecular complexity index is 724. The van der Waals surface area contributed by atoms with Gasteiger partial charge in [-0.25, -0.2) is 4.79 Å². The SMILES string of the molecule is Cc1noc(N2CCC(n3cc(N4CCN(C)C4=O)cn3)C2)n1. The molecule has 2 aliphatic rings. The summed E-state index contributed by atoms with van der Waals surface area (Å²) in [7, 11) is 1.81. The van der Waals surface area contributed by atoms with Crippen molar-refractivity contribution in [3.05, 3.63) is 18.2 Å². The first kappa shape index (κ1) is 14.0. The van der Waals surface area contributed by atoms with Gasteiger partial charge in [0.25, 0.3) is 0 Å². The van der Waals surface area contributed by atoms with Crippen LogP contribution in [-0.2, 0) is 0 Å². The van der Waals surface area contributed by atoms with Crippen molar-refractivity contribution >= 4 is 17.7 Å². The van der Waals surface area contributed by atoms with E-state index in [1.165, 1.54) is 0 Å². The van der Waals surface area contributed by atoms with Crippen molar-refractivity contribution in [3.63, 3.8) is 0 Å². The molecule has 2 amide bonds. The highest BCUT2D eigenvalue weighted by atomic mass is 16.5. The minimum Gasteiger partial charge on any atom is -0.326 e. The fourth-order valence-electron chi connectivity index (χ4n) is 3.10. The predicted octanol–water partition coefficient (Wildman–Crippen LogP) is 0.898. The largest absolute Gasteiger partial charge is 0.326 e. The van der Waals surface area contributed by atoms with Crippen LogP contribution in [0.2, 0.25) is 0 Å². The summed E-state index contributed by atoms with van der Waals surface area (Å²) in [5.41, 5.74) is 0.853. The zero-order valence-corrected chi connectivity index (χ0v) is 13.2. The molecule has 1 unspecified atom stereocenters. The van der Waals surface area contributed by atoms with Crippen LogP contribution in [0.3, 0.4) is 0 Å². The van der Waals surface area contributed by atoms with Crippen molar-refractivity contribution in [1.29, 1.82) is 0 Å². The minimum atomic E-state index is 0.0268. The number of hydrogen-bond donors (Lipinski definition) is 0. The molecule has 2 aromatic heterocycles. The average Bonchev–Trinajstić information content (AvgIpc) is 3.27. The van der Waals surface area contributed by atoms with E-state index in [2.05, 4.69) is 20.1 Å². The lowest BCUT2D eigenvalue weighted by Gasteiger charge is -2.14. The maximum atomic E-state index is 12.1. The minimum absolute atomic E-state index is 0.0268. The van der Waals surface area contributed by atoms with E-state index >= 15 is 0 Å². The lowest BCUT2D eigenvalue weighted by Crippen LogP contribution is -2.28. The number of nitrogens with zero attached hydrogens (tertiary/aromatic N) is 7. The van der Waals surface area contributed by atoms with E-state index in [4.69, 9.17) is 4.52 Å². The summed E-state index contributed by atoms with van der Waals surface area (Å²) < 4.78 is 7.16. The smallest absolute Gasteiger partial charge is 0.324 e. The Morgan fingerprint density at radius 1 is 1.30 bits per heavy atom. The second kappa shape index (κ2) is 5.25. The van der Waals surface area contributed by atoms with Gasteiger partial charge >= 0.3 is 12.0 Å². The third kappa shape index (κ3) is 2.41. The van der Waals surface area contributed by atoms with E-state index in [1.54, 1.807) is 16.0 Å². The molecule has 2 fully saturated rings. The highest BCUT2D eigenvalue weighted by Gasteiger charge is 2.30. The van der Waals surface area contributed by atoms with E-state index in [1.807, 2.05) is 24.9 Å². The van der Waals surface area contributed by atoms with Gasteiger partial charge in [-0.2, -0.15) is 10.1 Å². The average molecular weight is 317 g/mol. The summed E-state index contributed by atoms with van der Waals surface area (Å²) in [5, 5.41) is 8.28. The van der Waals surface area contributed by atoms with Crippen molar-refractivity contribution in [2.75, 3.05) is 43.0 Å². The highest BCUT2D eigenvalue weighted by Crippen LogP contribution is 2.27. The molecular formula is C14H19N7O2. The Morgan fingerprint density at radius 3 is 2.87 bits per heavy atom. The van der Waals surface area contributed by atoms with E-state index in [0.29, 0.717) is 18.4 Å². The Hall–Kier alpha value is -2.58. The van der Waals surface area contributed by atoms with Crippen LogP contribution in [0.4, 0.5) is 16.5 Å². The number of carbonyl (C=O) groups excluding carboxylic acids is 1. The molecule has 4 rings (SSSR count). The standard InChI is InChI=1S/C14H19N7O2/c1-10-16-13(23-17-10)19-4-3-11(8-19)21-9-12(7-15-21)20-6-5-18(2)14(20)22/h7,9,11H,3-6,8H2,1-2H3. The molecule has 2 saturated heterocycles. The lowest BCUT2D eigenvalue weighted by atomic mass is 10.3. The first-order chi connectivity index (χ1) is 11.1. The van der Waals surface area contributed by atoms with Gasteiger partial charge in [-0.1, -0.05) is 5.16 Å². The zero-order chi connectivity index (χ0) is 16.0. The van der Waals surface area contributed by atoms with Crippen molar-refractivity contribution < 1.29 is 9.32 Å². The molecule has 0 spiro atoms. The molecule has 0 aliphatic carbocycles. The molecule has 9 nitrogen and oxygen atoms in total. The number of anilines is 2. The first-order valence-electron chi connectivity index (χ1n) is 7.74. The van der Waals surface area contributed by atoms with Crippen molar-refractivity contribution in [3.8, 4) is 0 Å². The third-order valence-corrected chi connectivity index (χ3v) is 4.44. The first-order valence-corrected chi connectivity index (χ1v) is 7.74. The number of urea groups is 1. The summed E-state index contributed by atoms with van der Waals surface area (Å²) in [6.45, 7) is 4.89. The molecule has 0 N–H and O–H groups in total. The van der Waals surface area contributed by atoms with E-state index in [-0.39, 0.29) is 12.1 Å². The van der Waals surface area contributed by atoms with Gasteiger partial charge in [0, 0.05) is 39.4 Å². The Labute approximate surface area is 133 Å². The van der Waals surface area contributed by atoms with Gasteiger partial charge in [0.05, 0.1) is 17.9 Å². The molecule has 0 bridgehead atoms. The van der Waals surface area contributed by atoms with Gasteiger partial charge in [0.2, 0.25) is 0 Å². The van der Waals surface area contributed by atoms with Gasteiger partial charge in [-0.05, 0) is 13.3 Å². The van der Waals surface area contributed by atoms with Gasteiger partial charge in [0.15, 0.2) is 5.82 Å². The summed E-state index contributed by atoms with van der Waals surface area (Å²) in [5.74, 6) is 0.640. The number of rotatable bonds is 3. The zero-order valence-electron chi connectivity index (χ0n) is 13.2. The summed E-state index contributed by atoms with van der Waals surface area (Å²) in [4.78, 5) is 21.9. The molecule has 9 heteroatoms. The molecule has 0 saturated carbocycles. The van der Waals surface area contributed by atoms with E-state index < -0.39 is 0 Å². The van der Waals surface area contributed by atoms with Crippen LogP contribution in [0.5, 0.6) is 0 Å². The maximum absolute atomic E-state index is 12.1. The number of likely N-dealkylation sites (N-methyl/N-ethyl adjacent to an activating group) is 1. The molecule has 1 atom stereocenters. The summed E-state index contributed by atoms with van der Waals surface area (Å²) in [6.07, 6.45) is 4.66. The monoisotopic (exact) mass is 317 g/mol. The molecule has 0 aromatic carbocycles. The van der Waals surface area contributed by atoms with Gasteiger partial charge in [-0.3, -0.25) is 9.58 Å². The number of aromatic nitrogens is 4. The van der Waals surface area contributed by atoms with Gasteiger partial charge in [-0.15, -0.1) is 0 Å². The fraction of sp³-hybridized carbons (Fsp3) is 0.571. The molecule has 2 aliphatic heterocycles. The Balaban J connectivity index is 1.47. The van der Waals surface area contributed by atoms with E-state index in [0.717, 1.165) is 31.7 Å². The van der Waals surface area contributed by atoms with Crippen LogP contribution >= 0.6 is 0 Å². The van der Waals surface area contributed by atoms with Crippen LogP contribution in [0.25, 0.3) is 0 Å². The predicted molar refractivity (Wildman–Crippen MR) is 82.5 cm³/mol. The van der Waals surface area contributed by atoms with Crippen LogP contribution in [0.15, 0.2) is 16.9 Å². The van der Waals surface area contributed by atoms with E-state index in [9.17, 15) is 4.79 Å². The van der Waals surface area contributed by atoms with Crippen LogP contribution < -0.4 is 9.80 Å². The Kier molecular flexibility index (Phi) is 3.21. The second-order valence-corrected chi connectivity index (χ2v) is 6.05. The number of carbonyl (C=O) groups is 1. The van der Waals surface area contributed by atoms with Gasteiger partial charge < -0.3 is 14.3 Å². The molecule has 23 heavy (non-hydrogen) atoms. The number of aryl methyl sites for hydroxylation is 1. The maximum Gasteiger partial charge on any atom is 0.324 e. The molecule has 0 radical (unpaired) electrons. The topological polar surface area (TPSA) is 83.5 Å². The summed E-state index contributed by atoms with van der Waals surface area (Å²) >= 11 is 0. The number of hydrogen-bond acceptors (Lipinski definition) is 6. The lowest BCUT2D eigenvalue weighted by molar-refractivity contribution is 0.229. The summed E-state index contributed by atoms with van der Waals surface area (Å²) in [6, 6.07) is 0.832. The molecule has 4 heterocycles. The van der Waals surface area contributed by atoms with Crippen molar-refractivity contribution in [1.82, 2.24) is 24.8 Å². The normalized spacial score (nSPS) is 21.7. The van der Waals surface area contributed by atoms with Crippen LogP contribution in [0, 0.1) is 6.92 Å². The van der Waals surface area contributed by atoms with Crippen molar-refractivity contribution in [2.24, 2.45) is 0 Å². The number of amides is 2. The van der Waals surface area contributed by atoms with Gasteiger partial charge in [0.1, 0.15) is 0 Å². The molecule has 2 aromatic rings. The third-order valence-electron chi connectivity index (χ3n) is 4.44. The second-order valence-electron chi connectivity index (χ2n) is 6.05. The highest BCUT2D eigenvalue weighted by molar-refractivity contribution is 5.93. The fourth-order valence-corrected chi connectivity index (χ4v) is 3.10. The quantitative estimate of drug-likeness (QED) is 0.836. The van der Waals surface area contributed by atoms with Crippen LogP contribution in [0.1, 0.15) is 18.3 Å². The Morgan fingerprint density at radius 2 is 2.17 bits per heavy atom. The molecular weight excluding hydrogens is 298 g/mol. The molecule has 122 valence electrons.